The van der Waals surface area contributed by atoms with Gasteiger partial charge < -0.3 is 0 Å². The summed E-state index contributed by atoms with van der Waals surface area (Å²) in [6.45, 7) is 3.97. The fourth-order valence-electron chi connectivity index (χ4n) is 2.54. The normalized spacial score (nSPS) is 13.8. The van der Waals surface area contributed by atoms with Gasteiger partial charge >= 0.3 is 0 Å². The molecule has 2 amide bonds. The lowest BCUT2D eigenvalue weighted by molar-refractivity contribution is -0.123. The van der Waals surface area contributed by atoms with Crippen molar-refractivity contribution < 1.29 is 9.59 Å². The van der Waals surface area contributed by atoms with E-state index in [0.29, 0.717) is 10.6 Å². The van der Waals surface area contributed by atoms with Crippen LogP contribution in [0.15, 0.2) is 30.5 Å². The van der Waals surface area contributed by atoms with E-state index in [1.807, 2.05) is 26.0 Å². The number of hydrogen-bond acceptors (Lipinski definition) is 3. The van der Waals surface area contributed by atoms with E-state index >= 15 is 0 Å². The maximum atomic E-state index is 12.4. The number of aromatic nitrogens is 2. The van der Waals surface area contributed by atoms with E-state index in [4.69, 9.17) is 11.6 Å². The minimum absolute atomic E-state index is 0.0315. The molecule has 126 valence electrons. The number of carbonyl (C=O) groups excluding carboxylic acids is 2. The van der Waals surface area contributed by atoms with Crippen LogP contribution in [0.4, 0.5) is 0 Å². The predicted octanol–water partition coefficient (Wildman–Crippen LogP) is 2.82. The van der Waals surface area contributed by atoms with Gasteiger partial charge in [0.05, 0.1) is 23.1 Å². The highest BCUT2D eigenvalue weighted by Gasteiger charge is 2.30. The summed E-state index contributed by atoms with van der Waals surface area (Å²) in [5.74, 6) is -0.423. The van der Waals surface area contributed by atoms with Crippen molar-refractivity contribution >= 4 is 23.4 Å². The molecule has 0 bridgehead atoms. The van der Waals surface area contributed by atoms with Crippen molar-refractivity contribution in [3.05, 3.63) is 46.7 Å². The first-order chi connectivity index (χ1) is 11.5. The Balaban J connectivity index is 1.85. The Morgan fingerprint density at radius 3 is 2.67 bits per heavy atom. The zero-order valence-corrected chi connectivity index (χ0v) is 14.3. The highest BCUT2D eigenvalue weighted by molar-refractivity contribution is 6.30. The molecule has 1 aliphatic rings. The monoisotopic (exact) mass is 346 g/mol. The van der Waals surface area contributed by atoms with Gasteiger partial charge in [-0.25, -0.2) is 4.68 Å². The average molecular weight is 347 g/mol. The first-order valence-corrected chi connectivity index (χ1v) is 8.29. The lowest BCUT2D eigenvalue weighted by Crippen LogP contribution is -2.42. The number of amides is 2. The topological polar surface area (TPSA) is 76.0 Å². The molecule has 0 unspecified atom stereocenters. The van der Waals surface area contributed by atoms with E-state index in [9.17, 15) is 9.59 Å². The summed E-state index contributed by atoms with van der Waals surface area (Å²) < 4.78 is 1.70. The molecule has 6 nitrogen and oxygen atoms in total. The predicted molar refractivity (Wildman–Crippen MR) is 91.0 cm³/mol. The molecule has 7 heteroatoms. The summed E-state index contributed by atoms with van der Waals surface area (Å²) in [4.78, 5) is 24.1. The van der Waals surface area contributed by atoms with Gasteiger partial charge in [0.25, 0.3) is 5.91 Å². The smallest absolute Gasteiger partial charge is 0.273 e. The Morgan fingerprint density at radius 2 is 2.04 bits per heavy atom. The van der Waals surface area contributed by atoms with E-state index in [1.165, 1.54) is 6.20 Å². The van der Waals surface area contributed by atoms with Crippen molar-refractivity contribution in [1.82, 2.24) is 20.6 Å². The van der Waals surface area contributed by atoms with Gasteiger partial charge in [0, 0.05) is 10.9 Å². The molecular weight excluding hydrogens is 328 g/mol. The quantitative estimate of drug-likeness (QED) is 0.836. The second-order valence-electron chi connectivity index (χ2n) is 6.21. The molecule has 0 spiro atoms. The Bertz CT molecular complexity index is 781. The highest BCUT2D eigenvalue weighted by Crippen LogP contribution is 2.28. The van der Waals surface area contributed by atoms with Crippen LogP contribution in [-0.2, 0) is 4.79 Å². The number of benzene rings is 1. The number of halogens is 1. The molecule has 1 aliphatic carbocycles. The van der Waals surface area contributed by atoms with Crippen molar-refractivity contribution in [1.29, 1.82) is 0 Å². The van der Waals surface area contributed by atoms with E-state index in [-0.39, 0.29) is 23.7 Å². The van der Waals surface area contributed by atoms with Crippen LogP contribution < -0.4 is 10.9 Å². The Morgan fingerprint density at radius 1 is 1.29 bits per heavy atom. The third-order valence-corrected chi connectivity index (χ3v) is 4.13. The first kappa shape index (κ1) is 16.5. The molecular formula is C17H19ClN4O2. The SMILES string of the molecule is CC(C)c1c(C(=O)NNC(=O)C2CC2)cnn1-c1cccc(Cl)c1. The lowest BCUT2D eigenvalue weighted by Gasteiger charge is -2.13. The van der Waals surface area contributed by atoms with Crippen molar-refractivity contribution in [2.45, 2.75) is 32.6 Å². The minimum atomic E-state index is -0.374. The summed E-state index contributed by atoms with van der Waals surface area (Å²) in [7, 11) is 0. The summed E-state index contributed by atoms with van der Waals surface area (Å²) in [6.07, 6.45) is 3.27. The third kappa shape index (κ3) is 3.43. The number of rotatable bonds is 4. The first-order valence-electron chi connectivity index (χ1n) is 7.91. The van der Waals surface area contributed by atoms with E-state index in [2.05, 4.69) is 16.0 Å². The maximum absolute atomic E-state index is 12.4. The molecule has 1 aromatic carbocycles. The molecule has 1 aromatic heterocycles. The summed E-state index contributed by atoms with van der Waals surface area (Å²) in [6, 6.07) is 7.28. The Hall–Kier alpha value is -2.34. The fourth-order valence-corrected chi connectivity index (χ4v) is 2.72. The van der Waals surface area contributed by atoms with E-state index in [0.717, 1.165) is 24.2 Å². The number of hydrazine groups is 1. The molecule has 0 saturated heterocycles. The maximum Gasteiger partial charge on any atom is 0.273 e. The van der Waals surface area contributed by atoms with Gasteiger partial charge in [-0.1, -0.05) is 31.5 Å². The van der Waals surface area contributed by atoms with Gasteiger partial charge in [0.15, 0.2) is 0 Å². The van der Waals surface area contributed by atoms with Crippen LogP contribution in [0.2, 0.25) is 5.02 Å². The highest BCUT2D eigenvalue weighted by atomic mass is 35.5. The van der Waals surface area contributed by atoms with Crippen LogP contribution in [0.25, 0.3) is 5.69 Å². The summed E-state index contributed by atoms with van der Waals surface area (Å²) in [5.41, 5.74) is 6.92. The molecule has 1 heterocycles. The lowest BCUT2D eigenvalue weighted by atomic mass is 10.1. The molecule has 0 aliphatic heterocycles. The third-order valence-electron chi connectivity index (χ3n) is 3.90. The molecule has 2 aromatic rings. The van der Waals surface area contributed by atoms with Crippen LogP contribution in [-0.4, -0.2) is 21.6 Å². The molecule has 24 heavy (non-hydrogen) atoms. The molecule has 3 rings (SSSR count). The van der Waals surface area contributed by atoms with Gasteiger partial charge in [-0.05, 0) is 37.0 Å². The zero-order chi connectivity index (χ0) is 17.3. The Labute approximate surface area is 145 Å². The number of hydrogen-bond donors (Lipinski definition) is 2. The van der Waals surface area contributed by atoms with Gasteiger partial charge in [-0.15, -0.1) is 0 Å². The Kier molecular flexibility index (Phi) is 4.57. The number of nitrogens with zero attached hydrogens (tertiary/aromatic N) is 2. The average Bonchev–Trinajstić information content (AvgIpc) is 3.30. The van der Waals surface area contributed by atoms with Crippen LogP contribution in [0.5, 0.6) is 0 Å². The van der Waals surface area contributed by atoms with Crippen molar-refractivity contribution in [2.24, 2.45) is 5.92 Å². The molecule has 0 radical (unpaired) electrons. The van der Waals surface area contributed by atoms with Crippen LogP contribution in [0.3, 0.4) is 0 Å². The van der Waals surface area contributed by atoms with Crippen LogP contribution in [0.1, 0.15) is 48.7 Å². The van der Waals surface area contributed by atoms with Crippen LogP contribution in [0, 0.1) is 5.92 Å². The summed E-state index contributed by atoms with van der Waals surface area (Å²) in [5, 5.41) is 4.93. The minimum Gasteiger partial charge on any atom is -0.273 e. The molecule has 2 N–H and O–H groups in total. The zero-order valence-electron chi connectivity index (χ0n) is 13.5. The number of nitrogens with one attached hydrogen (secondary N) is 2. The van der Waals surface area contributed by atoms with Crippen LogP contribution >= 0.6 is 11.6 Å². The second-order valence-corrected chi connectivity index (χ2v) is 6.64. The molecule has 0 atom stereocenters. The van der Waals surface area contributed by atoms with E-state index in [1.54, 1.807) is 16.8 Å². The van der Waals surface area contributed by atoms with Gasteiger partial charge in [0.2, 0.25) is 5.91 Å². The standard InChI is InChI=1S/C17H19ClN4O2/c1-10(2)15-14(17(24)21-20-16(23)11-6-7-11)9-19-22(15)13-5-3-4-12(18)8-13/h3-5,8-11H,6-7H2,1-2H3,(H,20,23)(H,21,24). The van der Waals surface area contributed by atoms with Crippen molar-refractivity contribution in [3.8, 4) is 5.69 Å². The van der Waals surface area contributed by atoms with Gasteiger partial charge in [-0.3, -0.25) is 20.4 Å². The van der Waals surface area contributed by atoms with Crippen molar-refractivity contribution in [2.75, 3.05) is 0 Å². The fraction of sp³-hybridized carbons (Fsp3) is 0.353. The summed E-state index contributed by atoms with van der Waals surface area (Å²) >= 11 is 6.05. The van der Waals surface area contributed by atoms with Gasteiger partial charge in [0.1, 0.15) is 0 Å². The van der Waals surface area contributed by atoms with E-state index < -0.39 is 0 Å². The van der Waals surface area contributed by atoms with Gasteiger partial charge in [-0.2, -0.15) is 5.10 Å². The molecule has 1 saturated carbocycles. The largest absolute Gasteiger partial charge is 0.273 e. The van der Waals surface area contributed by atoms with Crippen molar-refractivity contribution in [3.63, 3.8) is 0 Å². The number of carbonyl (C=O) groups is 2. The second kappa shape index (κ2) is 6.65. The molecule has 1 fully saturated rings.